The number of carbonyl (C=O) groups is 1. The second-order valence-electron chi connectivity index (χ2n) is 7.27. The number of ether oxygens (including phenoxy) is 2. The molecule has 170 valence electrons. The van der Waals surface area contributed by atoms with Crippen LogP contribution in [-0.2, 0) is 10.0 Å². The van der Waals surface area contributed by atoms with Gasteiger partial charge in [-0.2, -0.15) is 4.31 Å². The molecule has 0 aliphatic carbocycles. The molecule has 1 N–H and O–H groups in total. The zero-order valence-electron chi connectivity index (χ0n) is 18.0. The Bertz CT molecular complexity index is 960. The molecule has 31 heavy (non-hydrogen) atoms. The highest BCUT2D eigenvalue weighted by atomic mass is 32.2. The van der Waals surface area contributed by atoms with Crippen LogP contribution in [0.4, 0.5) is 0 Å². The van der Waals surface area contributed by atoms with Crippen LogP contribution in [0.1, 0.15) is 49.9 Å². The average molecular weight is 467 g/mol. The summed E-state index contributed by atoms with van der Waals surface area (Å²) in [5, 5.41) is 4.70. The summed E-state index contributed by atoms with van der Waals surface area (Å²) < 4.78 is 39.1. The van der Waals surface area contributed by atoms with Crippen LogP contribution in [0.3, 0.4) is 0 Å². The van der Waals surface area contributed by atoms with E-state index >= 15 is 0 Å². The van der Waals surface area contributed by atoms with Gasteiger partial charge in [0.05, 0.1) is 13.2 Å². The van der Waals surface area contributed by atoms with E-state index in [-0.39, 0.29) is 11.9 Å². The van der Waals surface area contributed by atoms with Crippen molar-refractivity contribution in [2.75, 3.05) is 26.3 Å². The fraction of sp³-hybridized carbons (Fsp3) is 0.500. The van der Waals surface area contributed by atoms with E-state index in [0.29, 0.717) is 54.0 Å². The molecule has 1 saturated heterocycles. The molecule has 2 heterocycles. The molecule has 1 aromatic carbocycles. The van der Waals surface area contributed by atoms with E-state index in [0.717, 1.165) is 19.3 Å². The van der Waals surface area contributed by atoms with Crippen LogP contribution in [0.25, 0.3) is 0 Å². The largest absolute Gasteiger partial charge is 0.490 e. The Morgan fingerprint density at radius 3 is 2.65 bits per heavy atom. The van der Waals surface area contributed by atoms with Crippen molar-refractivity contribution >= 4 is 27.3 Å². The predicted molar refractivity (Wildman–Crippen MR) is 122 cm³/mol. The normalized spacial score (nSPS) is 17.3. The lowest BCUT2D eigenvalue weighted by Gasteiger charge is -2.34. The maximum absolute atomic E-state index is 13.0. The van der Waals surface area contributed by atoms with Crippen LogP contribution in [0.2, 0.25) is 0 Å². The number of amides is 1. The van der Waals surface area contributed by atoms with Gasteiger partial charge in [0.15, 0.2) is 11.5 Å². The number of hydrogen-bond donors (Lipinski definition) is 1. The monoisotopic (exact) mass is 466 g/mol. The summed E-state index contributed by atoms with van der Waals surface area (Å²) in [6, 6.07) is 8.41. The van der Waals surface area contributed by atoms with E-state index < -0.39 is 10.0 Å². The average Bonchev–Trinajstić information content (AvgIpc) is 3.31. The predicted octanol–water partition coefficient (Wildman–Crippen LogP) is 3.91. The highest BCUT2D eigenvalue weighted by Crippen LogP contribution is 2.30. The fourth-order valence-electron chi connectivity index (χ4n) is 3.75. The molecule has 1 unspecified atom stereocenters. The van der Waals surface area contributed by atoms with Crippen LogP contribution in [-0.4, -0.2) is 51.0 Å². The Morgan fingerprint density at radius 1 is 1.16 bits per heavy atom. The Balaban J connectivity index is 1.62. The molecule has 0 radical (unpaired) electrons. The lowest BCUT2D eigenvalue weighted by molar-refractivity contribution is 0.0949. The molecule has 1 atom stereocenters. The topological polar surface area (TPSA) is 84.9 Å². The minimum absolute atomic E-state index is 0.111. The lowest BCUT2D eigenvalue weighted by Crippen LogP contribution is -2.44. The van der Waals surface area contributed by atoms with Crippen LogP contribution >= 0.6 is 11.3 Å². The first kappa shape index (κ1) is 23.6. The maximum atomic E-state index is 13.0. The Kier molecular flexibility index (Phi) is 8.34. The Hall–Kier alpha value is -2.10. The molecule has 1 aliphatic rings. The zero-order chi connectivity index (χ0) is 22.3. The smallest absolute Gasteiger partial charge is 0.252 e. The summed E-state index contributed by atoms with van der Waals surface area (Å²) in [5.74, 6) is 0.933. The molecule has 9 heteroatoms. The molecular formula is C22H30N2O5S2. The number of thiophene rings is 1. The first-order valence-corrected chi connectivity index (χ1v) is 13.0. The van der Waals surface area contributed by atoms with Crippen molar-refractivity contribution in [3.8, 4) is 11.5 Å². The van der Waals surface area contributed by atoms with Gasteiger partial charge in [0.1, 0.15) is 4.21 Å². The summed E-state index contributed by atoms with van der Waals surface area (Å²) in [5.41, 5.74) is 0.485. The molecule has 1 fully saturated rings. The fourth-order valence-corrected chi connectivity index (χ4v) is 6.59. The van der Waals surface area contributed by atoms with Crippen molar-refractivity contribution in [1.82, 2.24) is 9.62 Å². The second kappa shape index (κ2) is 11.0. The van der Waals surface area contributed by atoms with E-state index in [1.807, 2.05) is 13.8 Å². The molecule has 0 saturated carbocycles. The van der Waals surface area contributed by atoms with Gasteiger partial charge in [-0.3, -0.25) is 4.79 Å². The minimum atomic E-state index is -3.48. The van der Waals surface area contributed by atoms with Gasteiger partial charge in [-0.15, -0.1) is 11.3 Å². The van der Waals surface area contributed by atoms with Crippen molar-refractivity contribution < 1.29 is 22.7 Å². The van der Waals surface area contributed by atoms with E-state index in [1.54, 1.807) is 40.0 Å². The number of benzene rings is 1. The Morgan fingerprint density at radius 2 is 1.94 bits per heavy atom. The lowest BCUT2D eigenvalue weighted by atomic mass is 10.0. The van der Waals surface area contributed by atoms with Gasteiger partial charge in [0.2, 0.25) is 0 Å². The molecular weight excluding hydrogens is 436 g/mol. The molecule has 7 nitrogen and oxygen atoms in total. The second-order valence-corrected chi connectivity index (χ2v) is 10.3. The number of sulfonamides is 1. The third-order valence-electron chi connectivity index (χ3n) is 5.20. The van der Waals surface area contributed by atoms with Gasteiger partial charge < -0.3 is 14.8 Å². The zero-order valence-corrected chi connectivity index (χ0v) is 19.6. The molecule has 2 aromatic rings. The highest BCUT2D eigenvalue weighted by molar-refractivity contribution is 7.91. The molecule has 0 spiro atoms. The number of hydrogen-bond acceptors (Lipinski definition) is 6. The number of carbonyl (C=O) groups excluding carboxylic acids is 1. The quantitative estimate of drug-likeness (QED) is 0.574. The molecule has 1 amide bonds. The molecule has 3 rings (SSSR count). The van der Waals surface area contributed by atoms with Gasteiger partial charge in [0, 0.05) is 24.7 Å². The summed E-state index contributed by atoms with van der Waals surface area (Å²) in [6.07, 6.45) is 3.23. The molecule has 1 aliphatic heterocycles. The van der Waals surface area contributed by atoms with Gasteiger partial charge in [-0.1, -0.05) is 12.5 Å². The summed E-state index contributed by atoms with van der Waals surface area (Å²) in [7, 11) is -3.48. The Labute approximate surface area is 188 Å². The maximum Gasteiger partial charge on any atom is 0.252 e. The summed E-state index contributed by atoms with van der Waals surface area (Å²) >= 11 is 1.24. The van der Waals surface area contributed by atoms with Gasteiger partial charge in [-0.25, -0.2) is 8.42 Å². The molecule has 1 aromatic heterocycles. The SMILES string of the molecule is CCOc1ccc(C(=O)NCCC2CCCCN2S(=O)(=O)c2cccs2)cc1OCC. The van der Waals surface area contributed by atoms with Gasteiger partial charge >= 0.3 is 0 Å². The number of nitrogens with zero attached hydrogens (tertiary/aromatic N) is 1. The third-order valence-corrected chi connectivity index (χ3v) is 8.52. The van der Waals surface area contributed by atoms with E-state index in [4.69, 9.17) is 9.47 Å². The molecule has 0 bridgehead atoms. The first-order valence-electron chi connectivity index (χ1n) is 10.7. The van der Waals surface area contributed by atoms with Crippen molar-refractivity contribution in [3.63, 3.8) is 0 Å². The van der Waals surface area contributed by atoms with E-state index in [9.17, 15) is 13.2 Å². The summed E-state index contributed by atoms with van der Waals surface area (Å²) in [6.45, 7) is 5.68. The minimum Gasteiger partial charge on any atom is -0.490 e. The standard InChI is InChI=1S/C22H30N2O5S2/c1-3-28-19-11-10-17(16-20(19)29-4-2)22(25)23-13-12-18-8-5-6-14-24(18)31(26,27)21-9-7-15-30-21/h7,9-11,15-16,18H,3-6,8,12-14H2,1-2H3,(H,23,25). The van der Waals surface area contributed by atoms with E-state index in [2.05, 4.69) is 5.32 Å². The number of nitrogens with one attached hydrogen (secondary N) is 1. The van der Waals surface area contributed by atoms with Crippen LogP contribution in [0.15, 0.2) is 39.9 Å². The summed E-state index contributed by atoms with van der Waals surface area (Å²) in [4.78, 5) is 12.6. The van der Waals surface area contributed by atoms with Crippen LogP contribution in [0, 0.1) is 0 Å². The van der Waals surface area contributed by atoms with Crippen molar-refractivity contribution in [2.45, 2.75) is 49.8 Å². The van der Waals surface area contributed by atoms with Crippen LogP contribution < -0.4 is 14.8 Å². The van der Waals surface area contributed by atoms with Crippen molar-refractivity contribution in [1.29, 1.82) is 0 Å². The third kappa shape index (κ3) is 5.78. The highest BCUT2D eigenvalue weighted by Gasteiger charge is 2.33. The van der Waals surface area contributed by atoms with Gasteiger partial charge in [-0.05, 0) is 62.8 Å². The van der Waals surface area contributed by atoms with Crippen molar-refractivity contribution in [2.24, 2.45) is 0 Å². The van der Waals surface area contributed by atoms with E-state index in [1.165, 1.54) is 11.3 Å². The number of piperidine rings is 1. The van der Waals surface area contributed by atoms with Gasteiger partial charge in [0.25, 0.3) is 15.9 Å². The number of rotatable bonds is 10. The first-order chi connectivity index (χ1) is 15.0. The van der Waals surface area contributed by atoms with Crippen molar-refractivity contribution in [3.05, 3.63) is 41.3 Å². The van der Waals surface area contributed by atoms with Crippen LogP contribution in [0.5, 0.6) is 11.5 Å².